The number of oxazole rings is 1. The van der Waals surface area contributed by atoms with Crippen molar-refractivity contribution in [1.29, 1.82) is 0 Å². The minimum atomic E-state index is -0.291. The fourth-order valence-corrected chi connectivity index (χ4v) is 2.54. The first-order valence-corrected chi connectivity index (χ1v) is 8.43. The minimum Gasteiger partial charge on any atom is -0.446 e. The highest BCUT2D eigenvalue weighted by molar-refractivity contribution is 9.10. The van der Waals surface area contributed by atoms with E-state index < -0.39 is 0 Å². The van der Waals surface area contributed by atoms with E-state index in [9.17, 15) is 4.79 Å². The molecule has 2 rings (SSSR count). The van der Waals surface area contributed by atoms with Crippen LogP contribution in [0.2, 0.25) is 0 Å². The van der Waals surface area contributed by atoms with Gasteiger partial charge in [0.25, 0.3) is 5.91 Å². The van der Waals surface area contributed by atoms with Crippen molar-refractivity contribution in [2.24, 2.45) is 11.7 Å². The molecule has 0 fully saturated rings. The SMILES string of the molecule is CC(C)CC(N)c1nc(C(=O)NC(C)c2ccc(Br)cc2)co1. The maximum absolute atomic E-state index is 12.3. The number of hydrogen-bond donors (Lipinski definition) is 2. The molecule has 0 spiro atoms. The molecule has 23 heavy (non-hydrogen) atoms. The second kappa shape index (κ2) is 7.75. The number of amides is 1. The fraction of sp³-hybridized carbons (Fsp3) is 0.412. The number of halogens is 1. The highest BCUT2D eigenvalue weighted by Gasteiger charge is 2.19. The molecular formula is C17H22BrN3O2. The molecule has 3 N–H and O–H groups in total. The summed E-state index contributed by atoms with van der Waals surface area (Å²) in [6.45, 7) is 6.08. The summed E-state index contributed by atoms with van der Waals surface area (Å²) in [6.07, 6.45) is 2.12. The number of nitrogens with two attached hydrogens (primary N) is 1. The molecule has 5 nitrogen and oxygen atoms in total. The highest BCUT2D eigenvalue weighted by atomic mass is 79.9. The molecule has 0 saturated carbocycles. The predicted octanol–water partition coefficient (Wildman–Crippen LogP) is 3.97. The van der Waals surface area contributed by atoms with Crippen LogP contribution in [0.25, 0.3) is 0 Å². The van der Waals surface area contributed by atoms with Crippen molar-refractivity contribution in [3.8, 4) is 0 Å². The molecule has 0 aliphatic heterocycles. The van der Waals surface area contributed by atoms with E-state index in [0.717, 1.165) is 16.5 Å². The summed E-state index contributed by atoms with van der Waals surface area (Å²) in [5, 5.41) is 2.91. The summed E-state index contributed by atoms with van der Waals surface area (Å²) in [5.41, 5.74) is 7.29. The molecule has 2 aromatic rings. The van der Waals surface area contributed by atoms with Gasteiger partial charge in [-0.15, -0.1) is 0 Å². The van der Waals surface area contributed by atoms with E-state index in [1.807, 2.05) is 31.2 Å². The molecule has 0 bridgehead atoms. The van der Waals surface area contributed by atoms with Gasteiger partial charge in [0.2, 0.25) is 5.89 Å². The zero-order valence-electron chi connectivity index (χ0n) is 13.5. The van der Waals surface area contributed by atoms with Gasteiger partial charge >= 0.3 is 0 Å². The van der Waals surface area contributed by atoms with Crippen LogP contribution in [0, 0.1) is 5.92 Å². The zero-order valence-corrected chi connectivity index (χ0v) is 15.1. The average molecular weight is 380 g/mol. The summed E-state index contributed by atoms with van der Waals surface area (Å²) in [5.74, 6) is 0.568. The third kappa shape index (κ3) is 4.91. The van der Waals surface area contributed by atoms with E-state index in [0.29, 0.717) is 11.8 Å². The van der Waals surface area contributed by atoms with Crippen LogP contribution in [0.1, 0.15) is 61.2 Å². The standard InChI is InChI=1S/C17H22BrN3O2/c1-10(2)8-14(19)17-21-15(9-23-17)16(22)20-11(3)12-4-6-13(18)7-5-12/h4-7,9-11,14H,8,19H2,1-3H3,(H,20,22). The van der Waals surface area contributed by atoms with E-state index in [2.05, 4.69) is 40.1 Å². The molecule has 2 unspecified atom stereocenters. The number of nitrogens with one attached hydrogen (secondary N) is 1. The minimum absolute atomic E-state index is 0.125. The Labute approximate surface area is 144 Å². The van der Waals surface area contributed by atoms with Gasteiger partial charge in [0.05, 0.1) is 12.1 Å². The Morgan fingerprint density at radius 3 is 2.57 bits per heavy atom. The van der Waals surface area contributed by atoms with Crippen molar-refractivity contribution < 1.29 is 9.21 Å². The molecule has 6 heteroatoms. The van der Waals surface area contributed by atoms with Crippen molar-refractivity contribution in [3.63, 3.8) is 0 Å². The lowest BCUT2D eigenvalue weighted by Crippen LogP contribution is -2.27. The first kappa shape index (κ1) is 17.7. The van der Waals surface area contributed by atoms with Gasteiger partial charge in [-0.3, -0.25) is 4.79 Å². The predicted molar refractivity (Wildman–Crippen MR) is 92.9 cm³/mol. The Kier molecular flexibility index (Phi) is 5.96. The summed E-state index contributed by atoms with van der Waals surface area (Å²) in [4.78, 5) is 16.5. The summed E-state index contributed by atoms with van der Waals surface area (Å²) in [7, 11) is 0. The van der Waals surface area contributed by atoms with Crippen LogP contribution >= 0.6 is 15.9 Å². The first-order chi connectivity index (χ1) is 10.9. The molecule has 1 amide bonds. The quantitative estimate of drug-likeness (QED) is 0.795. The second-order valence-corrected chi connectivity index (χ2v) is 6.97. The molecule has 0 aliphatic carbocycles. The number of hydrogen-bond acceptors (Lipinski definition) is 4. The van der Waals surface area contributed by atoms with Crippen LogP contribution in [0.4, 0.5) is 0 Å². The van der Waals surface area contributed by atoms with Gasteiger partial charge in [-0.25, -0.2) is 4.98 Å². The van der Waals surface area contributed by atoms with Gasteiger partial charge < -0.3 is 15.5 Å². The molecule has 124 valence electrons. The zero-order chi connectivity index (χ0) is 17.0. The van der Waals surface area contributed by atoms with Crippen LogP contribution in [-0.4, -0.2) is 10.9 Å². The summed E-state index contributed by atoms with van der Waals surface area (Å²) in [6, 6.07) is 7.39. The van der Waals surface area contributed by atoms with Crippen molar-refractivity contribution in [2.45, 2.75) is 39.3 Å². The van der Waals surface area contributed by atoms with E-state index in [4.69, 9.17) is 10.2 Å². The number of carbonyl (C=O) groups excluding carboxylic acids is 1. The Morgan fingerprint density at radius 1 is 1.30 bits per heavy atom. The topological polar surface area (TPSA) is 81.1 Å². The highest BCUT2D eigenvalue weighted by Crippen LogP contribution is 2.19. The Morgan fingerprint density at radius 2 is 1.96 bits per heavy atom. The molecule has 1 heterocycles. The van der Waals surface area contributed by atoms with E-state index >= 15 is 0 Å². The van der Waals surface area contributed by atoms with Crippen molar-refractivity contribution in [1.82, 2.24) is 10.3 Å². The molecule has 0 saturated heterocycles. The molecule has 0 aliphatic rings. The van der Waals surface area contributed by atoms with Gasteiger partial charge in [0.1, 0.15) is 6.26 Å². The monoisotopic (exact) mass is 379 g/mol. The van der Waals surface area contributed by atoms with Crippen LogP contribution in [-0.2, 0) is 0 Å². The first-order valence-electron chi connectivity index (χ1n) is 7.64. The fourth-order valence-electron chi connectivity index (χ4n) is 2.28. The number of carbonyl (C=O) groups is 1. The number of benzene rings is 1. The smallest absolute Gasteiger partial charge is 0.273 e. The van der Waals surface area contributed by atoms with Gasteiger partial charge in [-0.1, -0.05) is 41.9 Å². The van der Waals surface area contributed by atoms with E-state index in [1.54, 1.807) is 0 Å². The summed E-state index contributed by atoms with van der Waals surface area (Å²) < 4.78 is 6.35. The summed E-state index contributed by atoms with van der Waals surface area (Å²) >= 11 is 3.39. The third-order valence-corrected chi connectivity index (χ3v) is 4.04. The Balaban J connectivity index is 2.00. The van der Waals surface area contributed by atoms with Gasteiger partial charge in [0.15, 0.2) is 5.69 Å². The normalized spacial score (nSPS) is 13.8. The van der Waals surface area contributed by atoms with Crippen LogP contribution < -0.4 is 11.1 Å². The third-order valence-electron chi connectivity index (χ3n) is 3.51. The van der Waals surface area contributed by atoms with Crippen molar-refractivity contribution >= 4 is 21.8 Å². The molecular weight excluding hydrogens is 358 g/mol. The van der Waals surface area contributed by atoms with E-state index in [1.165, 1.54) is 6.26 Å². The van der Waals surface area contributed by atoms with Crippen molar-refractivity contribution in [3.05, 3.63) is 52.1 Å². The largest absolute Gasteiger partial charge is 0.446 e. The lowest BCUT2D eigenvalue weighted by molar-refractivity contribution is 0.0935. The molecule has 0 radical (unpaired) electrons. The average Bonchev–Trinajstić information content (AvgIpc) is 2.97. The van der Waals surface area contributed by atoms with Gasteiger partial charge in [-0.2, -0.15) is 0 Å². The van der Waals surface area contributed by atoms with Gasteiger partial charge in [0, 0.05) is 4.47 Å². The second-order valence-electron chi connectivity index (χ2n) is 6.05. The number of rotatable bonds is 6. The van der Waals surface area contributed by atoms with Crippen molar-refractivity contribution in [2.75, 3.05) is 0 Å². The lowest BCUT2D eigenvalue weighted by Gasteiger charge is -2.13. The Bertz CT molecular complexity index is 652. The van der Waals surface area contributed by atoms with Crippen LogP contribution in [0.15, 0.2) is 39.4 Å². The van der Waals surface area contributed by atoms with E-state index in [-0.39, 0.29) is 23.7 Å². The molecule has 2 atom stereocenters. The number of nitrogens with zero attached hydrogens (tertiary/aromatic N) is 1. The maximum atomic E-state index is 12.3. The molecule has 1 aromatic heterocycles. The lowest BCUT2D eigenvalue weighted by atomic mass is 10.0. The maximum Gasteiger partial charge on any atom is 0.273 e. The Hall–Kier alpha value is -1.66. The molecule has 1 aromatic carbocycles. The van der Waals surface area contributed by atoms with Crippen LogP contribution in [0.5, 0.6) is 0 Å². The van der Waals surface area contributed by atoms with Crippen LogP contribution in [0.3, 0.4) is 0 Å². The number of aromatic nitrogens is 1. The van der Waals surface area contributed by atoms with Gasteiger partial charge in [-0.05, 0) is 37.0 Å².